The molecule has 6 atom stereocenters. The minimum Gasteiger partial charge on any atom is -0.0837 e. The number of hydrogen-bond donors (Lipinski definition) is 0. The first-order chi connectivity index (χ1) is 16.5. The average Bonchev–Trinajstić information content (AvgIpc) is 3.24. The summed E-state index contributed by atoms with van der Waals surface area (Å²) in [7, 11) is 0. The van der Waals surface area contributed by atoms with Gasteiger partial charge < -0.3 is 0 Å². The summed E-state index contributed by atoms with van der Waals surface area (Å²) in [6.45, 7) is 4.61. The lowest BCUT2D eigenvalue weighted by molar-refractivity contribution is 0.183. The Bertz CT molecular complexity index is 983. The summed E-state index contributed by atoms with van der Waals surface area (Å²) in [6.07, 6.45) is 47.4. The zero-order valence-electron chi connectivity index (χ0n) is 21.3. The first kappa shape index (κ1) is 22.4. The standard InChI is InChI=1S/C34H42/c1-27-11-9-19-33(21-27)25-29(23-31(33)15-5-3-6-16-31)13-14-30-24-32(17-7-4-8-18-32)34(26-30)20-10-12-28(2)22-34/h3-12,15,17,21-22,29-30H,13-14,16,18-20,23-26H2,1-2H3. The zero-order valence-corrected chi connectivity index (χ0v) is 21.3. The van der Waals surface area contributed by atoms with Crippen molar-refractivity contribution in [2.75, 3.05) is 0 Å². The summed E-state index contributed by atoms with van der Waals surface area (Å²) >= 11 is 0. The van der Waals surface area contributed by atoms with Crippen molar-refractivity contribution in [1.29, 1.82) is 0 Å². The Morgan fingerprint density at radius 3 is 1.35 bits per heavy atom. The molecule has 178 valence electrons. The van der Waals surface area contributed by atoms with Gasteiger partial charge in [-0.2, -0.15) is 0 Å². The highest BCUT2D eigenvalue weighted by Crippen LogP contribution is 2.66. The highest BCUT2D eigenvalue weighted by atomic mass is 14.6. The fourth-order valence-electron chi connectivity index (χ4n) is 9.24. The van der Waals surface area contributed by atoms with Crippen LogP contribution in [0.5, 0.6) is 0 Å². The fourth-order valence-corrected chi connectivity index (χ4v) is 9.24. The van der Waals surface area contributed by atoms with E-state index in [4.69, 9.17) is 0 Å². The molecule has 2 saturated carbocycles. The van der Waals surface area contributed by atoms with E-state index < -0.39 is 0 Å². The van der Waals surface area contributed by atoms with Gasteiger partial charge in [-0.25, -0.2) is 0 Å². The predicted octanol–water partition coefficient (Wildman–Crippen LogP) is 9.38. The van der Waals surface area contributed by atoms with Gasteiger partial charge in [0.15, 0.2) is 0 Å². The molecule has 0 saturated heterocycles. The van der Waals surface area contributed by atoms with E-state index in [2.05, 4.69) is 98.9 Å². The summed E-state index contributed by atoms with van der Waals surface area (Å²) < 4.78 is 0. The largest absolute Gasteiger partial charge is 0.0837 e. The quantitative estimate of drug-likeness (QED) is 0.402. The summed E-state index contributed by atoms with van der Waals surface area (Å²) in [5.74, 6) is 1.70. The van der Waals surface area contributed by atoms with Gasteiger partial charge in [0, 0.05) is 21.7 Å². The van der Waals surface area contributed by atoms with Crippen LogP contribution in [0.15, 0.2) is 96.2 Å². The molecule has 0 aliphatic heterocycles. The molecule has 0 radical (unpaired) electrons. The minimum atomic E-state index is 0.334. The SMILES string of the molecule is CC1=CC2(CC=C1)CC(CCC1CC3(C=CC=CC3)C3(C=C(C)C=CC3)C1)CC21C=CC=CC1. The van der Waals surface area contributed by atoms with E-state index in [1.165, 1.54) is 75.4 Å². The second-order valence-electron chi connectivity index (χ2n) is 12.7. The molecule has 6 aliphatic carbocycles. The average molecular weight is 451 g/mol. The van der Waals surface area contributed by atoms with Gasteiger partial charge in [-0.1, -0.05) is 109 Å². The molecule has 6 aliphatic rings. The molecule has 0 aromatic rings. The third kappa shape index (κ3) is 3.47. The van der Waals surface area contributed by atoms with Crippen LogP contribution in [0.4, 0.5) is 0 Å². The maximum atomic E-state index is 2.66. The van der Waals surface area contributed by atoms with Crippen LogP contribution in [0.25, 0.3) is 0 Å². The molecule has 0 bridgehead atoms. The molecule has 0 N–H and O–H groups in total. The van der Waals surface area contributed by atoms with Gasteiger partial charge in [0.1, 0.15) is 0 Å². The third-order valence-corrected chi connectivity index (χ3v) is 10.6. The van der Waals surface area contributed by atoms with Crippen molar-refractivity contribution in [3.05, 3.63) is 96.2 Å². The van der Waals surface area contributed by atoms with Crippen molar-refractivity contribution in [2.24, 2.45) is 33.5 Å². The van der Waals surface area contributed by atoms with Crippen LogP contribution in [0.1, 0.15) is 78.1 Å². The van der Waals surface area contributed by atoms with E-state index >= 15 is 0 Å². The summed E-state index contributed by atoms with van der Waals surface area (Å²) in [4.78, 5) is 0. The minimum absolute atomic E-state index is 0.334. The van der Waals surface area contributed by atoms with Gasteiger partial charge in [0.05, 0.1) is 0 Å². The second-order valence-corrected chi connectivity index (χ2v) is 12.7. The van der Waals surface area contributed by atoms with Crippen LogP contribution in [0, 0.1) is 33.5 Å². The van der Waals surface area contributed by atoms with Gasteiger partial charge in [-0.15, -0.1) is 0 Å². The molecule has 4 spiro atoms. The first-order valence-corrected chi connectivity index (χ1v) is 13.9. The van der Waals surface area contributed by atoms with E-state index in [0.717, 1.165) is 11.8 Å². The Hall–Kier alpha value is -2.08. The molecule has 0 heterocycles. The Kier molecular flexibility index (Phi) is 5.43. The van der Waals surface area contributed by atoms with Gasteiger partial charge >= 0.3 is 0 Å². The van der Waals surface area contributed by atoms with E-state index in [-0.39, 0.29) is 0 Å². The van der Waals surface area contributed by atoms with Crippen molar-refractivity contribution in [3.8, 4) is 0 Å². The summed E-state index contributed by atoms with van der Waals surface area (Å²) in [5, 5.41) is 0. The maximum Gasteiger partial charge on any atom is 0.00187 e. The number of fused-ring (bicyclic) bond motifs is 2. The van der Waals surface area contributed by atoms with Crippen LogP contribution < -0.4 is 0 Å². The number of hydrogen-bond acceptors (Lipinski definition) is 0. The van der Waals surface area contributed by atoms with Crippen molar-refractivity contribution in [1.82, 2.24) is 0 Å². The Labute approximate surface area is 207 Å². The third-order valence-electron chi connectivity index (χ3n) is 10.6. The molecule has 0 nitrogen and oxygen atoms in total. The molecule has 0 aromatic carbocycles. The molecule has 0 amide bonds. The van der Waals surface area contributed by atoms with Crippen LogP contribution in [0.3, 0.4) is 0 Å². The van der Waals surface area contributed by atoms with E-state index in [1.807, 2.05) is 0 Å². The monoisotopic (exact) mass is 450 g/mol. The van der Waals surface area contributed by atoms with E-state index in [9.17, 15) is 0 Å². The number of allylic oxidation sites excluding steroid dienone is 16. The summed E-state index contributed by atoms with van der Waals surface area (Å²) in [5.41, 5.74) is 4.28. The van der Waals surface area contributed by atoms with Crippen LogP contribution >= 0.6 is 0 Å². The van der Waals surface area contributed by atoms with Gasteiger partial charge in [-0.3, -0.25) is 0 Å². The highest BCUT2D eigenvalue weighted by molar-refractivity contribution is 5.36. The topological polar surface area (TPSA) is 0 Å². The molecule has 6 rings (SSSR count). The zero-order chi connectivity index (χ0) is 23.3. The molecule has 0 heteroatoms. The Balaban J connectivity index is 1.20. The van der Waals surface area contributed by atoms with Crippen LogP contribution in [-0.2, 0) is 0 Å². The van der Waals surface area contributed by atoms with Crippen LogP contribution in [-0.4, -0.2) is 0 Å². The molecule has 6 unspecified atom stereocenters. The Morgan fingerprint density at radius 1 is 0.559 bits per heavy atom. The van der Waals surface area contributed by atoms with Crippen molar-refractivity contribution in [2.45, 2.75) is 78.1 Å². The van der Waals surface area contributed by atoms with Gasteiger partial charge in [0.2, 0.25) is 0 Å². The second kappa shape index (κ2) is 8.25. The molecule has 0 aromatic heterocycles. The first-order valence-electron chi connectivity index (χ1n) is 13.9. The highest BCUT2D eigenvalue weighted by Gasteiger charge is 2.57. The van der Waals surface area contributed by atoms with E-state index in [0.29, 0.717) is 21.7 Å². The fraction of sp³-hybridized carbons (Fsp3) is 0.529. The molecule has 2 fully saturated rings. The summed E-state index contributed by atoms with van der Waals surface area (Å²) in [6, 6.07) is 0. The smallest absolute Gasteiger partial charge is 0.00187 e. The van der Waals surface area contributed by atoms with Gasteiger partial charge in [-0.05, 0) is 77.0 Å². The van der Waals surface area contributed by atoms with Crippen molar-refractivity contribution < 1.29 is 0 Å². The lowest BCUT2D eigenvalue weighted by Gasteiger charge is -2.44. The predicted molar refractivity (Wildman–Crippen MR) is 145 cm³/mol. The molecular formula is C34H42. The lowest BCUT2D eigenvalue weighted by atomic mass is 9.59. The van der Waals surface area contributed by atoms with E-state index in [1.54, 1.807) is 0 Å². The maximum absolute atomic E-state index is 2.66. The van der Waals surface area contributed by atoms with Crippen molar-refractivity contribution in [3.63, 3.8) is 0 Å². The molecular weight excluding hydrogens is 408 g/mol. The lowest BCUT2D eigenvalue weighted by Crippen LogP contribution is -2.35. The van der Waals surface area contributed by atoms with Crippen molar-refractivity contribution >= 4 is 0 Å². The number of rotatable bonds is 3. The Morgan fingerprint density at radius 2 is 0.971 bits per heavy atom. The van der Waals surface area contributed by atoms with Gasteiger partial charge in [0.25, 0.3) is 0 Å². The van der Waals surface area contributed by atoms with Crippen LogP contribution in [0.2, 0.25) is 0 Å². The molecule has 34 heavy (non-hydrogen) atoms. The normalized spacial score (nSPS) is 44.2.